The Labute approximate surface area is 93.6 Å². The summed E-state index contributed by atoms with van der Waals surface area (Å²) in [5, 5.41) is 2.76. The fourth-order valence-corrected chi connectivity index (χ4v) is 1.87. The zero-order valence-corrected chi connectivity index (χ0v) is 10.9. The van der Waals surface area contributed by atoms with E-state index in [2.05, 4.69) is 44.7 Å². The van der Waals surface area contributed by atoms with Crippen LogP contribution >= 0.6 is 0 Å². The number of ether oxygens (including phenoxy) is 1. The van der Waals surface area contributed by atoms with Gasteiger partial charge in [-0.1, -0.05) is 41.0 Å². The third-order valence-corrected chi connectivity index (χ3v) is 2.81. The summed E-state index contributed by atoms with van der Waals surface area (Å²) in [6, 6.07) is 0. The number of nitrogens with one attached hydrogen (secondary N) is 1. The van der Waals surface area contributed by atoms with Crippen LogP contribution in [0, 0.1) is 10.8 Å². The van der Waals surface area contributed by atoms with Crippen molar-refractivity contribution in [1.29, 1.82) is 0 Å². The van der Waals surface area contributed by atoms with Crippen LogP contribution in [0.5, 0.6) is 0 Å². The first-order chi connectivity index (χ1) is 6.72. The molecule has 0 aliphatic rings. The molecule has 0 rings (SSSR count). The molecule has 1 amide bonds. The van der Waals surface area contributed by atoms with Crippen LogP contribution in [-0.4, -0.2) is 19.7 Å². The Morgan fingerprint density at radius 2 is 1.73 bits per heavy atom. The van der Waals surface area contributed by atoms with Crippen LogP contribution in [0.2, 0.25) is 0 Å². The second kappa shape index (κ2) is 5.38. The molecule has 0 aromatic carbocycles. The lowest BCUT2D eigenvalue weighted by Crippen LogP contribution is -2.36. The Hall–Kier alpha value is -0.730. The van der Waals surface area contributed by atoms with Crippen molar-refractivity contribution in [2.45, 2.75) is 47.5 Å². The van der Waals surface area contributed by atoms with Crippen LogP contribution in [0.15, 0.2) is 0 Å². The third kappa shape index (κ3) is 6.37. The highest BCUT2D eigenvalue weighted by atomic mass is 16.5. The summed E-state index contributed by atoms with van der Waals surface area (Å²) in [5.74, 6) is 0. The predicted octanol–water partition coefficient (Wildman–Crippen LogP) is 3.19. The molecule has 0 heterocycles. The number of hydrogen-bond acceptors (Lipinski definition) is 2. The van der Waals surface area contributed by atoms with E-state index in [1.165, 1.54) is 7.11 Å². The fraction of sp³-hybridized carbons (Fsp3) is 0.917. The van der Waals surface area contributed by atoms with Crippen molar-refractivity contribution in [3.05, 3.63) is 0 Å². The molecule has 0 saturated heterocycles. The predicted molar refractivity (Wildman–Crippen MR) is 62.9 cm³/mol. The van der Waals surface area contributed by atoms with Gasteiger partial charge in [-0.3, -0.25) is 0 Å². The van der Waals surface area contributed by atoms with Crippen molar-refractivity contribution in [1.82, 2.24) is 5.32 Å². The highest BCUT2D eigenvalue weighted by Gasteiger charge is 2.27. The molecule has 0 aromatic heterocycles. The molecule has 0 bridgehead atoms. The maximum absolute atomic E-state index is 11.0. The second-order valence-electron chi connectivity index (χ2n) is 5.70. The van der Waals surface area contributed by atoms with Gasteiger partial charge >= 0.3 is 6.09 Å². The minimum atomic E-state index is -0.350. The van der Waals surface area contributed by atoms with E-state index in [-0.39, 0.29) is 11.5 Å². The van der Waals surface area contributed by atoms with E-state index in [0.717, 1.165) is 12.8 Å². The standard InChI is InChI=1S/C12H25NO2/c1-7-11(2,3)8-12(4,5)9-13-10(14)15-6/h7-9H2,1-6H3,(H,13,14). The summed E-state index contributed by atoms with van der Waals surface area (Å²) in [4.78, 5) is 11.0. The Bertz CT molecular complexity index is 210. The molecule has 1 N–H and O–H groups in total. The quantitative estimate of drug-likeness (QED) is 0.765. The molecule has 0 saturated carbocycles. The Morgan fingerprint density at radius 1 is 1.20 bits per heavy atom. The first kappa shape index (κ1) is 14.3. The van der Waals surface area contributed by atoms with E-state index < -0.39 is 0 Å². The Morgan fingerprint density at radius 3 is 2.13 bits per heavy atom. The van der Waals surface area contributed by atoms with Crippen LogP contribution in [0.25, 0.3) is 0 Å². The van der Waals surface area contributed by atoms with Crippen LogP contribution < -0.4 is 5.32 Å². The summed E-state index contributed by atoms with van der Waals surface area (Å²) < 4.78 is 4.55. The smallest absolute Gasteiger partial charge is 0.406 e. The molecule has 0 fully saturated rings. The molecule has 3 nitrogen and oxygen atoms in total. The molecular formula is C12H25NO2. The number of amides is 1. The molecule has 0 unspecified atom stereocenters. The normalized spacial score (nSPS) is 12.4. The lowest BCUT2D eigenvalue weighted by molar-refractivity contribution is 0.151. The second-order valence-corrected chi connectivity index (χ2v) is 5.70. The summed E-state index contributed by atoms with van der Waals surface area (Å²) in [6.07, 6.45) is 1.88. The molecular weight excluding hydrogens is 190 g/mol. The minimum absolute atomic E-state index is 0.105. The average molecular weight is 215 g/mol. The monoisotopic (exact) mass is 215 g/mol. The SMILES string of the molecule is CCC(C)(C)CC(C)(C)CNC(=O)OC. The number of alkyl carbamates (subject to hydrolysis) is 1. The number of methoxy groups -OCH3 is 1. The molecule has 0 atom stereocenters. The minimum Gasteiger partial charge on any atom is -0.453 e. The van der Waals surface area contributed by atoms with Crippen LogP contribution in [0.3, 0.4) is 0 Å². The molecule has 0 aromatic rings. The van der Waals surface area contributed by atoms with Crippen molar-refractivity contribution < 1.29 is 9.53 Å². The van der Waals surface area contributed by atoms with Gasteiger partial charge in [0, 0.05) is 6.54 Å². The van der Waals surface area contributed by atoms with Crippen molar-refractivity contribution in [2.24, 2.45) is 10.8 Å². The lowest BCUT2D eigenvalue weighted by atomic mass is 9.74. The van der Waals surface area contributed by atoms with Gasteiger partial charge in [-0.15, -0.1) is 0 Å². The van der Waals surface area contributed by atoms with Crippen LogP contribution in [-0.2, 0) is 4.74 Å². The van der Waals surface area contributed by atoms with Crippen molar-refractivity contribution >= 4 is 6.09 Å². The van der Waals surface area contributed by atoms with E-state index in [4.69, 9.17) is 0 Å². The van der Waals surface area contributed by atoms with Crippen LogP contribution in [0.4, 0.5) is 4.79 Å². The molecule has 0 radical (unpaired) electrons. The highest BCUT2D eigenvalue weighted by molar-refractivity contribution is 5.66. The van der Waals surface area contributed by atoms with Crippen molar-refractivity contribution in [3.63, 3.8) is 0 Å². The first-order valence-electron chi connectivity index (χ1n) is 5.54. The molecule has 3 heteroatoms. The fourth-order valence-electron chi connectivity index (χ4n) is 1.87. The molecule has 0 aliphatic heterocycles. The Balaban J connectivity index is 4.13. The van der Waals surface area contributed by atoms with Gasteiger partial charge in [-0.25, -0.2) is 4.79 Å². The van der Waals surface area contributed by atoms with Gasteiger partial charge < -0.3 is 10.1 Å². The van der Waals surface area contributed by atoms with Gasteiger partial charge in [0.2, 0.25) is 0 Å². The van der Waals surface area contributed by atoms with E-state index in [1.54, 1.807) is 0 Å². The van der Waals surface area contributed by atoms with E-state index in [9.17, 15) is 4.79 Å². The largest absolute Gasteiger partial charge is 0.453 e. The van der Waals surface area contributed by atoms with E-state index >= 15 is 0 Å². The lowest BCUT2D eigenvalue weighted by Gasteiger charge is -2.34. The highest BCUT2D eigenvalue weighted by Crippen LogP contribution is 2.35. The number of hydrogen-bond donors (Lipinski definition) is 1. The van der Waals surface area contributed by atoms with E-state index in [1.807, 2.05) is 0 Å². The maximum Gasteiger partial charge on any atom is 0.406 e. The van der Waals surface area contributed by atoms with Crippen molar-refractivity contribution in [3.8, 4) is 0 Å². The topological polar surface area (TPSA) is 38.3 Å². The third-order valence-electron chi connectivity index (χ3n) is 2.81. The van der Waals surface area contributed by atoms with E-state index in [0.29, 0.717) is 12.0 Å². The zero-order chi connectivity index (χ0) is 12.1. The number of rotatable bonds is 5. The zero-order valence-electron chi connectivity index (χ0n) is 10.9. The summed E-state index contributed by atoms with van der Waals surface area (Å²) in [7, 11) is 1.39. The average Bonchev–Trinajstić information content (AvgIpc) is 2.13. The van der Waals surface area contributed by atoms with Crippen LogP contribution in [0.1, 0.15) is 47.5 Å². The van der Waals surface area contributed by atoms with Gasteiger partial charge in [-0.2, -0.15) is 0 Å². The molecule has 90 valence electrons. The molecule has 15 heavy (non-hydrogen) atoms. The maximum atomic E-state index is 11.0. The summed E-state index contributed by atoms with van der Waals surface area (Å²) in [5.41, 5.74) is 0.426. The first-order valence-corrected chi connectivity index (χ1v) is 5.54. The molecule has 0 aliphatic carbocycles. The van der Waals surface area contributed by atoms with Crippen molar-refractivity contribution in [2.75, 3.05) is 13.7 Å². The summed E-state index contributed by atoms with van der Waals surface area (Å²) in [6.45, 7) is 11.7. The van der Waals surface area contributed by atoms with Gasteiger partial charge in [0.25, 0.3) is 0 Å². The van der Waals surface area contributed by atoms with Gasteiger partial charge in [0.15, 0.2) is 0 Å². The van der Waals surface area contributed by atoms with Gasteiger partial charge in [-0.05, 0) is 17.3 Å². The van der Waals surface area contributed by atoms with Gasteiger partial charge in [0.05, 0.1) is 7.11 Å². The molecule has 0 spiro atoms. The van der Waals surface area contributed by atoms with Gasteiger partial charge in [0.1, 0.15) is 0 Å². The number of carbonyl (C=O) groups is 1. The number of carbonyl (C=O) groups excluding carboxylic acids is 1. The summed E-state index contributed by atoms with van der Waals surface area (Å²) >= 11 is 0. The Kier molecular flexibility index (Phi) is 5.12.